The van der Waals surface area contributed by atoms with Crippen molar-refractivity contribution >= 4 is 26.0 Å². The number of primary sulfonamides is 1. The highest BCUT2D eigenvalue weighted by atomic mass is 79.9. The summed E-state index contributed by atoms with van der Waals surface area (Å²) in [7, 11) is -4.38. The fraction of sp³-hybridized carbons (Fsp3) is 0.167. The fourth-order valence-electron chi connectivity index (χ4n) is 0.934. The van der Waals surface area contributed by atoms with Gasteiger partial charge in [-0.2, -0.15) is 4.39 Å². The Morgan fingerprint density at radius 2 is 2.00 bits per heavy atom. The smallest absolute Gasteiger partial charge is 0.225 e. The summed E-state index contributed by atoms with van der Waals surface area (Å²) in [6.45, 7) is 0. The standard InChI is InChI=1S/C6H4BrF3N2O2S/c7-5-4(15(11,13)14)2(6(9)10)1-3(8)12-5/h1,6H,(H2,11,13,14). The minimum absolute atomic E-state index is 0.329. The summed E-state index contributed by atoms with van der Waals surface area (Å²) in [6, 6.07) is 0.329. The van der Waals surface area contributed by atoms with E-state index in [1.54, 1.807) is 0 Å². The van der Waals surface area contributed by atoms with Crippen molar-refractivity contribution in [3.8, 4) is 0 Å². The highest BCUT2D eigenvalue weighted by molar-refractivity contribution is 9.10. The molecule has 1 rings (SSSR count). The van der Waals surface area contributed by atoms with Gasteiger partial charge in [-0.3, -0.25) is 0 Å². The third-order valence-electron chi connectivity index (χ3n) is 1.45. The van der Waals surface area contributed by atoms with Gasteiger partial charge in [0.25, 0.3) is 6.43 Å². The van der Waals surface area contributed by atoms with Crippen molar-refractivity contribution in [2.75, 3.05) is 0 Å². The van der Waals surface area contributed by atoms with Gasteiger partial charge in [0, 0.05) is 11.6 Å². The van der Waals surface area contributed by atoms with Crippen LogP contribution in [0.3, 0.4) is 0 Å². The van der Waals surface area contributed by atoms with Crippen LogP contribution < -0.4 is 5.14 Å². The molecule has 0 aliphatic heterocycles. The van der Waals surface area contributed by atoms with Crippen molar-refractivity contribution in [3.05, 3.63) is 22.2 Å². The molecule has 1 aromatic rings. The molecule has 0 spiro atoms. The lowest BCUT2D eigenvalue weighted by molar-refractivity contribution is 0.147. The van der Waals surface area contributed by atoms with Crippen molar-refractivity contribution in [1.82, 2.24) is 4.98 Å². The second kappa shape index (κ2) is 4.06. The molecule has 15 heavy (non-hydrogen) atoms. The Bertz CT molecular complexity index is 491. The Hall–Kier alpha value is -0.670. The minimum atomic E-state index is -4.38. The third kappa shape index (κ3) is 2.67. The molecule has 0 radical (unpaired) electrons. The molecule has 1 aromatic heterocycles. The van der Waals surface area contributed by atoms with Gasteiger partial charge in [-0.25, -0.2) is 27.3 Å². The third-order valence-corrected chi connectivity index (χ3v) is 3.28. The first-order valence-electron chi connectivity index (χ1n) is 3.40. The summed E-state index contributed by atoms with van der Waals surface area (Å²) in [4.78, 5) is 2.14. The van der Waals surface area contributed by atoms with E-state index in [9.17, 15) is 21.6 Å². The molecule has 0 aliphatic rings. The van der Waals surface area contributed by atoms with Crippen molar-refractivity contribution in [2.45, 2.75) is 11.3 Å². The molecule has 84 valence electrons. The van der Waals surface area contributed by atoms with E-state index in [0.29, 0.717) is 6.07 Å². The van der Waals surface area contributed by atoms with Crippen molar-refractivity contribution in [2.24, 2.45) is 5.14 Å². The normalized spacial score (nSPS) is 12.1. The van der Waals surface area contributed by atoms with Crippen molar-refractivity contribution in [3.63, 3.8) is 0 Å². The number of halogens is 4. The number of hydrogen-bond acceptors (Lipinski definition) is 3. The molecular weight excluding hydrogens is 301 g/mol. The predicted molar refractivity (Wildman–Crippen MR) is 48.2 cm³/mol. The number of hydrogen-bond donors (Lipinski definition) is 1. The van der Waals surface area contributed by atoms with Crippen LogP contribution in [0.5, 0.6) is 0 Å². The topological polar surface area (TPSA) is 73.1 Å². The Morgan fingerprint density at radius 3 is 2.40 bits per heavy atom. The van der Waals surface area contributed by atoms with E-state index in [2.05, 4.69) is 20.9 Å². The zero-order valence-electron chi connectivity index (χ0n) is 6.92. The van der Waals surface area contributed by atoms with E-state index in [0.717, 1.165) is 0 Å². The molecule has 0 atom stereocenters. The van der Waals surface area contributed by atoms with Crippen LogP contribution in [-0.4, -0.2) is 13.4 Å². The van der Waals surface area contributed by atoms with Gasteiger partial charge in [0.1, 0.15) is 9.50 Å². The lowest BCUT2D eigenvalue weighted by Gasteiger charge is -2.08. The van der Waals surface area contributed by atoms with E-state index >= 15 is 0 Å². The van der Waals surface area contributed by atoms with Crippen LogP contribution in [0, 0.1) is 5.95 Å². The first-order valence-corrected chi connectivity index (χ1v) is 5.74. The quantitative estimate of drug-likeness (QED) is 0.843. The van der Waals surface area contributed by atoms with Crippen LogP contribution in [-0.2, 0) is 10.0 Å². The number of alkyl halides is 2. The number of nitrogens with two attached hydrogens (primary N) is 1. The maximum Gasteiger partial charge on any atom is 0.265 e. The number of sulfonamides is 1. The molecule has 1 heterocycles. The van der Waals surface area contributed by atoms with Crippen LogP contribution in [0.25, 0.3) is 0 Å². The van der Waals surface area contributed by atoms with Crippen LogP contribution in [0.1, 0.15) is 12.0 Å². The molecule has 4 nitrogen and oxygen atoms in total. The maximum absolute atomic E-state index is 12.6. The van der Waals surface area contributed by atoms with Crippen molar-refractivity contribution in [1.29, 1.82) is 0 Å². The molecule has 9 heteroatoms. The first-order chi connectivity index (χ1) is 6.73. The highest BCUT2D eigenvalue weighted by Gasteiger charge is 2.25. The Labute approximate surface area is 91.5 Å². The maximum atomic E-state index is 12.6. The molecule has 0 aliphatic carbocycles. The van der Waals surface area contributed by atoms with Gasteiger partial charge in [-0.05, 0) is 15.9 Å². The van der Waals surface area contributed by atoms with Crippen LogP contribution >= 0.6 is 15.9 Å². The Morgan fingerprint density at radius 1 is 1.47 bits per heavy atom. The van der Waals surface area contributed by atoms with Gasteiger partial charge >= 0.3 is 0 Å². The second-order valence-electron chi connectivity index (χ2n) is 2.50. The van der Waals surface area contributed by atoms with Crippen LogP contribution in [0.15, 0.2) is 15.6 Å². The van der Waals surface area contributed by atoms with E-state index in [1.165, 1.54) is 0 Å². The molecule has 2 N–H and O–H groups in total. The summed E-state index contributed by atoms with van der Waals surface area (Å²) in [5.41, 5.74) is -1.02. The molecule has 0 amide bonds. The Kier molecular flexibility index (Phi) is 3.36. The van der Waals surface area contributed by atoms with E-state index in [4.69, 9.17) is 5.14 Å². The SMILES string of the molecule is NS(=O)(=O)c1c(C(F)F)cc(F)nc1Br. The van der Waals surface area contributed by atoms with Gasteiger partial charge in [-0.1, -0.05) is 0 Å². The molecular formula is C6H4BrF3N2O2S. The molecule has 0 saturated heterocycles. The van der Waals surface area contributed by atoms with Crippen LogP contribution in [0.4, 0.5) is 13.2 Å². The molecule has 0 bridgehead atoms. The van der Waals surface area contributed by atoms with Crippen LogP contribution in [0.2, 0.25) is 0 Å². The van der Waals surface area contributed by atoms with Gasteiger partial charge in [0.2, 0.25) is 16.0 Å². The second-order valence-corrected chi connectivity index (χ2v) is 4.75. The lowest BCUT2D eigenvalue weighted by Crippen LogP contribution is -2.16. The van der Waals surface area contributed by atoms with E-state index < -0.39 is 37.5 Å². The predicted octanol–water partition coefficient (Wildman–Crippen LogP) is 1.57. The van der Waals surface area contributed by atoms with Gasteiger partial charge < -0.3 is 0 Å². The molecule has 0 aromatic carbocycles. The minimum Gasteiger partial charge on any atom is -0.225 e. The lowest BCUT2D eigenvalue weighted by atomic mass is 10.3. The molecule has 0 unspecified atom stereocenters. The highest BCUT2D eigenvalue weighted by Crippen LogP contribution is 2.30. The van der Waals surface area contributed by atoms with Gasteiger partial charge in [-0.15, -0.1) is 0 Å². The number of nitrogens with zero attached hydrogens (tertiary/aromatic N) is 1. The van der Waals surface area contributed by atoms with E-state index in [-0.39, 0.29) is 0 Å². The largest absolute Gasteiger partial charge is 0.265 e. The summed E-state index contributed by atoms with van der Waals surface area (Å²) < 4.78 is 58.7. The molecule has 0 fully saturated rings. The van der Waals surface area contributed by atoms with Gasteiger partial charge in [0.05, 0.1) is 0 Å². The average molecular weight is 305 g/mol. The monoisotopic (exact) mass is 304 g/mol. The van der Waals surface area contributed by atoms with Crippen molar-refractivity contribution < 1.29 is 21.6 Å². The Balaban J connectivity index is 3.62. The van der Waals surface area contributed by atoms with Gasteiger partial charge in [0.15, 0.2) is 0 Å². The zero-order valence-corrected chi connectivity index (χ0v) is 9.32. The summed E-state index contributed by atoms with van der Waals surface area (Å²) >= 11 is 2.56. The first kappa shape index (κ1) is 12.4. The summed E-state index contributed by atoms with van der Waals surface area (Å²) in [5, 5.41) is 4.69. The summed E-state index contributed by atoms with van der Waals surface area (Å²) in [6.07, 6.45) is -3.16. The summed E-state index contributed by atoms with van der Waals surface area (Å²) in [5.74, 6) is -1.22. The van der Waals surface area contributed by atoms with E-state index in [1.807, 2.05) is 0 Å². The average Bonchev–Trinajstić information content (AvgIpc) is 1.99. The molecule has 0 saturated carbocycles. The number of rotatable bonds is 2. The zero-order chi connectivity index (χ0) is 11.8. The number of pyridine rings is 1. The fourth-order valence-corrected chi connectivity index (χ4v) is 2.77. The number of aromatic nitrogens is 1.